The number of hydrogen-bond acceptors (Lipinski definition) is 4. The van der Waals surface area contributed by atoms with Gasteiger partial charge in [-0.05, 0) is 36.0 Å². The Morgan fingerprint density at radius 3 is 3.05 bits per heavy atom. The number of nitrogens with one attached hydrogen (secondary N) is 1. The molecule has 1 aliphatic rings. The van der Waals surface area contributed by atoms with Gasteiger partial charge in [0, 0.05) is 17.5 Å². The van der Waals surface area contributed by atoms with Crippen molar-refractivity contribution in [3.63, 3.8) is 0 Å². The van der Waals surface area contributed by atoms with Crippen LogP contribution in [-0.4, -0.2) is 23.6 Å². The van der Waals surface area contributed by atoms with Gasteiger partial charge in [-0.3, -0.25) is 9.59 Å². The van der Waals surface area contributed by atoms with Gasteiger partial charge >= 0.3 is 0 Å². The minimum atomic E-state index is -0.434. The fourth-order valence-electron chi connectivity index (χ4n) is 1.64. The number of carbonyl (C=O) groups is 2. The number of nitrogens with zero attached hydrogens (tertiary/aromatic N) is 1. The number of carbonyl (C=O) groups excluding carboxylic acids is 2. The lowest BCUT2D eigenvalue weighted by Crippen LogP contribution is -2.23. The van der Waals surface area contributed by atoms with E-state index in [4.69, 9.17) is 22.8 Å². The second-order valence-corrected chi connectivity index (χ2v) is 5.66. The van der Waals surface area contributed by atoms with Gasteiger partial charge in [0.2, 0.25) is 5.91 Å². The van der Waals surface area contributed by atoms with Crippen LogP contribution in [0.4, 0.5) is 0 Å². The summed E-state index contributed by atoms with van der Waals surface area (Å²) in [4.78, 5) is 27.0. The molecular formula is C15H11ClN2O3S. The molecule has 0 atom stereocenters. The molecule has 0 aromatic heterocycles. The molecule has 5 nitrogen and oxygen atoms in total. The highest BCUT2D eigenvalue weighted by Gasteiger charge is 2.23. The number of amides is 2. The van der Waals surface area contributed by atoms with Crippen molar-refractivity contribution in [3.05, 3.63) is 33.7 Å². The number of thioether (sulfide) groups is 1. The first-order valence-electron chi connectivity index (χ1n) is 6.15. The van der Waals surface area contributed by atoms with Crippen LogP contribution in [0.5, 0.6) is 5.75 Å². The van der Waals surface area contributed by atoms with Crippen LogP contribution in [0.1, 0.15) is 12.5 Å². The van der Waals surface area contributed by atoms with E-state index in [1.165, 1.54) is 6.92 Å². The normalized spacial score (nSPS) is 15.4. The van der Waals surface area contributed by atoms with E-state index in [1.54, 1.807) is 24.3 Å². The molecule has 0 saturated heterocycles. The summed E-state index contributed by atoms with van der Waals surface area (Å²) in [5.74, 6) is 2.16. The molecule has 1 aromatic rings. The Morgan fingerprint density at radius 1 is 1.59 bits per heavy atom. The molecular weight excluding hydrogens is 324 g/mol. The Balaban J connectivity index is 2.26. The highest BCUT2D eigenvalue weighted by Crippen LogP contribution is 2.31. The molecule has 0 saturated carbocycles. The van der Waals surface area contributed by atoms with Crippen molar-refractivity contribution in [1.29, 1.82) is 0 Å². The quantitative estimate of drug-likeness (QED) is 0.681. The molecule has 1 heterocycles. The second kappa shape index (κ2) is 7.16. The van der Waals surface area contributed by atoms with Crippen LogP contribution >= 0.6 is 23.4 Å². The van der Waals surface area contributed by atoms with Crippen molar-refractivity contribution in [2.75, 3.05) is 6.61 Å². The van der Waals surface area contributed by atoms with Crippen LogP contribution in [0, 0.1) is 12.3 Å². The Hall–Kier alpha value is -2.23. The second-order valence-electron chi connectivity index (χ2n) is 4.19. The number of hydrogen-bond donors (Lipinski definition) is 1. The maximum atomic E-state index is 11.8. The van der Waals surface area contributed by atoms with Crippen LogP contribution in [0.25, 0.3) is 6.08 Å². The Labute approximate surface area is 136 Å². The number of halogens is 1. The van der Waals surface area contributed by atoms with Crippen LogP contribution in [-0.2, 0) is 9.59 Å². The third-order valence-corrected chi connectivity index (χ3v) is 3.61. The van der Waals surface area contributed by atoms with Gasteiger partial charge in [-0.15, -0.1) is 6.42 Å². The van der Waals surface area contributed by atoms with Gasteiger partial charge in [-0.2, -0.15) is 4.99 Å². The predicted molar refractivity (Wildman–Crippen MR) is 87.6 cm³/mol. The van der Waals surface area contributed by atoms with Gasteiger partial charge in [0.25, 0.3) is 5.91 Å². The monoisotopic (exact) mass is 334 g/mol. The summed E-state index contributed by atoms with van der Waals surface area (Å²) in [7, 11) is 0. The summed E-state index contributed by atoms with van der Waals surface area (Å²) in [5, 5.41) is 3.22. The molecule has 22 heavy (non-hydrogen) atoms. The van der Waals surface area contributed by atoms with Crippen molar-refractivity contribution >= 4 is 46.4 Å². The van der Waals surface area contributed by atoms with Gasteiger partial charge < -0.3 is 10.1 Å². The van der Waals surface area contributed by atoms with Crippen LogP contribution in [0.3, 0.4) is 0 Å². The average Bonchev–Trinajstić information content (AvgIpc) is 2.77. The van der Waals surface area contributed by atoms with Crippen LogP contribution < -0.4 is 10.1 Å². The van der Waals surface area contributed by atoms with Crippen molar-refractivity contribution in [1.82, 2.24) is 5.32 Å². The van der Waals surface area contributed by atoms with Crippen molar-refractivity contribution in [2.24, 2.45) is 4.99 Å². The summed E-state index contributed by atoms with van der Waals surface area (Å²) in [5.41, 5.74) is 0.609. The number of terminal acetylenes is 1. The molecule has 2 amide bonds. The minimum absolute atomic E-state index is 0.104. The molecule has 1 N–H and O–H groups in total. The van der Waals surface area contributed by atoms with Gasteiger partial charge in [0.05, 0.1) is 4.91 Å². The number of ether oxygens (including phenoxy) is 1. The zero-order chi connectivity index (χ0) is 16.1. The van der Waals surface area contributed by atoms with Crippen LogP contribution in [0.15, 0.2) is 28.1 Å². The summed E-state index contributed by atoms with van der Waals surface area (Å²) in [6.45, 7) is 1.45. The highest BCUT2D eigenvalue weighted by molar-refractivity contribution is 8.18. The lowest BCUT2D eigenvalue weighted by molar-refractivity contribution is -0.117. The van der Waals surface area contributed by atoms with Gasteiger partial charge in [-0.25, -0.2) is 0 Å². The number of aliphatic imine (C=N–C) groups is 1. The molecule has 1 aliphatic heterocycles. The zero-order valence-corrected chi connectivity index (χ0v) is 13.1. The number of rotatable bonds is 3. The third kappa shape index (κ3) is 4.13. The third-order valence-electron chi connectivity index (χ3n) is 2.47. The fraction of sp³-hybridized carbons (Fsp3) is 0.133. The van der Waals surface area contributed by atoms with Gasteiger partial charge in [-0.1, -0.05) is 17.5 Å². The smallest absolute Gasteiger partial charge is 0.286 e. The van der Waals surface area contributed by atoms with E-state index in [9.17, 15) is 9.59 Å². The van der Waals surface area contributed by atoms with Gasteiger partial charge in [0.15, 0.2) is 5.17 Å². The van der Waals surface area contributed by atoms with E-state index < -0.39 is 5.91 Å². The standard InChI is InChI=1S/C15H11ClN2O3S/c1-3-6-21-12-5-4-11(16)7-10(12)8-13-14(20)18-15(22-13)17-9(2)19/h1,4-5,7-8H,6H2,2H3,(H,17,18,19,20)/b13-8-. The first kappa shape index (κ1) is 16.1. The van der Waals surface area contributed by atoms with E-state index in [0.717, 1.165) is 11.8 Å². The first-order valence-corrected chi connectivity index (χ1v) is 7.35. The highest BCUT2D eigenvalue weighted by atomic mass is 35.5. The van der Waals surface area contributed by atoms with Crippen molar-refractivity contribution in [2.45, 2.75) is 6.92 Å². The lowest BCUT2D eigenvalue weighted by Gasteiger charge is -2.07. The molecule has 0 aliphatic carbocycles. The molecule has 0 spiro atoms. The van der Waals surface area contributed by atoms with Crippen molar-refractivity contribution in [3.8, 4) is 18.1 Å². The largest absolute Gasteiger partial charge is 0.480 e. The van der Waals surface area contributed by atoms with E-state index in [-0.39, 0.29) is 17.7 Å². The topological polar surface area (TPSA) is 67.8 Å². The first-order chi connectivity index (χ1) is 10.5. The summed E-state index contributed by atoms with van der Waals surface area (Å²) in [6.07, 6.45) is 6.77. The molecule has 0 fully saturated rings. The van der Waals surface area contributed by atoms with E-state index in [1.807, 2.05) is 0 Å². The Kier molecular flexibility index (Phi) is 5.26. The summed E-state index contributed by atoms with van der Waals surface area (Å²) >= 11 is 7.04. The number of benzene rings is 1. The van der Waals surface area contributed by atoms with E-state index >= 15 is 0 Å². The molecule has 1 aromatic carbocycles. The Morgan fingerprint density at radius 2 is 2.36 bits per heavy atom. The maximum Gasteiger partial charge on any atom is 0.286 e. The molecule has 2 rings (SSSR count). The molecule has 0 radical (unpaired) electrons. The van der Waals surface area contributed by atoms with Gasteiger partial charge in [0.1, 0.15) is 12.4 Å². The van der Waals surface area contributed by atoms with E-state index in [0.29, 0.717) is 21.2 Å². The Bertz CT molecular complexity index is 735. The SMILES string of the molecule is C#CCOc1ccc(Cl)cc1/C=C1\SC(NC(C)=O)=NC1=O. The van der Waals surface area contributed by atoms with E-state index in [2.05, 4.69) is 16.2 Å². The molecule has 112 valence electrons. The maximum absolute atomic E-state index is 11.8. The summed E-state index contributed by atoms with van der Waals surface area (Å²) < 4.78 is 5.41. The molecule has 7 heteroatoms. The minimum Gasteiger partial charge on any atom is -0.480 e. The fourth-order valence-corrected chi connectivity index (χ4v) is 2.67. The zero-order valence-electron chi connectivity index (χ0n) is 11.6. The average molecular weight is 335 g/mol. The van der Waals surface area contributed by atoms with Crippen molar-refractivity contribution < 1.29 is 14.3 Å². The van der Waals surface area contributed by atoms with Crippen LogP contribution in [0.2, 0.25) is 5.02 Å². The molecule has 0 unspecified atom stereocenters. The summed E-state index contributed by atoms with van der Waals surface area (Å²) in [6, 6.07) is 4.99. The predicted octanol–water partition coefficient (Wildman–Crippen LogP) is 2.46. The molecule has 0 bridgehead atoms. The number of amidine groups is 1. The lowest BCUT2D eigenvalue weighted by atomic mass is 10.2.